The monoisotopic (exact) mass is 198 g/mol. The minimum Gasteiger partial charge on any atom is -0.388 e. The Hall–Kier alpha value is -1.87. The van der Waals surface area contributed by atoms with Gasteiger partial charge in [-0.1, -0.05) is 24.3 Å². The van der Waals surface area contributed by atoms with E-state index in [1.807, 2.05) is 28.7 Å². The SMILES string of the molecule is OCc1ncc2ccc3ccccc3n12. The lowest BCUT2D eigenvalue weighted by Gasteiger charge is -2.03. The molecule has 0 aliphatic rings. The van der Waals surface area contributed by atoms with Crippen molar-refractivity contribution in [1.82, 2.24) is 9.38 Å². The molecule has 1 N–H and O–H groups in total. The van der Waals surface area contributed by atoms with Gasteiger partial charge in [-0.15, -0.1) is 0 Å². The van der Waals surface area contributed by atoms with Crippen molar-refractivity contribution in [1.29, 1.82) is 0 Å². The summed E-state index contributed by atoms with van der Waals surface area (Å²) in [5, 5.41) is 10.4. The standard InChI is InChI=1S/C12H10N2O/c15-8-12-13-7-10-6-5-9-3-1-2-4-11(9)14(10)12/h1-7,15H,8H2. The maximum absolute atomic E-state index is 9.20. The number of aliphatic hydroxyl groups is 1. The number of aromatic nitrogens is 2. The van der Waals surface area contributed by atoms with Gasteiger partial charge >= 0.3 is 0 Å². The van der Waals surface area contributed by atoms with E-state index in [2.05, 4.69) is 17.1 Å². The summed E-state index contributed by atoms with van der Waals surface area (Å²) in [6, 6.07) is 12.1. The van der Waals surface area contributed by atoms with Crippen LogP contribution in [0.2, 0.25) is 0 Å². The van der Waals surface area contributed by atoms with Crippen LogP contribution in [0.15, 0.2) is 42.6 Å². The summed E-state index contributed by atoms with van der Waals surface area (Å²) < 4.78 is 1.98. The summed E-state index contributed by atoms with van der Waals surface area (Å²) in [6.45, 7) is -0.0395. The predicted octanol–water partition coefficient (Wildman–Crippen LogP) is 1.98. The molecule has 0 fully saturated rings. The number of hydrogen-bond donors (Lipinski definition) is 1. The van der Waals surface area contributed by atoms with Crippen LogP contribution in [-0.4, -0.2) is 14.5 Å². The molecular weight excluding hydrogens is 188 g/mol. The van der Waals surface area contributed by atoms with Crippen molar-refractivity contribution in [3.05, 3.63) is 48.4 Å². The lowest BCUT2D eigenvalue weighted by atomic mass is 10.2. The third-order valence-electron chi connectivity index (χ3n) is 2.61. The second-order valence-electron chi connectivity index (χ2n) is 3.48. The van der Waals surface area contributed by atoms with Crippen molar-refractivity contribution >= 4 is 16.4 Å². The van der Waals surface area contributed by atoms with Gasteiger partial charge in [-0.3, -0.25) is 4.40 Å². The Kier molecular flexibility index (Phi) is 1.73. The number of aliphatic hydroxyl groups excluding tert-OH is 1. The highest BCUT2D eigenvalue weighted by molar-refractivity contribution is 5.82. The van der Waals surface area contributed by atoms with Crippen LogP contribution in [0.4, 0.5) is 0 Å². The van der Waals surface area contributed by atoms with Crippen LogP contribution in [0.1, 0.15) is 5.82 Å². The number of para-hydroxylation sites is 1. The zero-order chi connectivity index (χ0) is 10.3. The Morgan fingerprint density at radius 3 is 2.87 bits per heavy atom. The second-order valence-corrected chi connectivity index (χ2v) is 3.48. The topological polar surface area (TPSA) is 37.5 Å². The molecule has 0 amide bonds. The van der Waals surface area contributed by atoms with Crippen molar-refractivity contribution in [2.75, 3.05) is 0 Å². The van der Waals surface area contributed by atoms with E-state index in [1.165, 1.54) is 0 Å². The van der Waals surface area contributed by atoms with E-state index < -0.39 is 0 Å². The zero-order valence-corrected chi connectivity index (χ0v) is 8.09. The molecule has 3 nitrogen and oxygen atoms in total. The van der Waals surface area contributed by atoms with E-state index >= 15 is 0 Å². The van der Waals surface area contributed by atoms with Gasteiger partial charge in [-0.2, -0.15) is 0 Å². The van der Waals surface area contributed by atoms with Crippen LogP contribution in [-0.2, 0) is 6.61 Å². The van der Waals surface area contributed by atoms with Crippen LogP contribution in [0.3, 0.4) is 0 Å². The maximum Gasteiger partial charge on any atom is 0.139 e. The van der Waals surface area contributed by atoms with Crippen LogP contribution in [0.5, 0.6) is 0 Å². The number of rotatable bonds is 1. The molecule has 2 heterocycles. The van der Waals surface area contributed by atoms with Gasteiger partial charge in [0.05, 0.1) is 17.2 Å². The molecule has 2 aromatic heterocycles. The molecule has 0 bridgehead atoms. The lowest BCUT2D eigenvalue weighted by Crippen LogP contribution is -1.95. The predicted molar refractivity (Wildman–Crippen MR) is 58.6 cm³/mol. The van der Waals surface area contributed by atoms with Crippen molar-refractivity contribution < 1.29 is 5.11 Å². The van der Waals surface area contributed by atoms with Crippen LogP contribution in [0, 0.1) is 0 Å². The Balaban J connectivity index is 2.56. The minimum absolute atomic E-state index is 0.0395. The third-order valence-corrected chi connectivity index (χ3v) is 2.61. The molecule has 0 spiro atoms. The van der Waals surface area contributed by atoms with Crippen molar-refractivity contribution in [3.63, 3.8) is 0 Å². The zero-order valence-electron chi connectivity index (χ0n) is 8.09. The Morgan fingerprint density at radius 1 is 1.13 bits per heavy atom. The fraction of sp³-hybridized carbons (Fsp3) is 0.0833. The van der Waals surface area contributed by atoms with Gasteiger partial charge in [0, 0.05) is 0 Å². The molecule has 3 aromatic rings. The molecule has 3 heteroatoms. The normalized spacial score (nSPS) is 11.3. The number of fused-ring (bicyclic) bond motifs is 3. The molecule has 0 unspecified atom stereocenters. The summed E-state index contributed by atoms with van der Waals surface area (Å²) in [7, 11) is 0. The quantitative estimate of drug-likeness (QED) is 0.649. The molecule has 0 radical (unpaired) electrons. The second kappa shape index (κ2) is 3.07. The molecule has 74 valence electrons. The van der Waals surface area contributed by atoms with E-state index in [-0.39, 0.29) is 6.61 Å². The molecule has 0 aliphatic heterocycles. The van der Waals surface area contributed by atoms with Crippen molar-refractivity contribution in [2.24, 2.45) is 0 Å². The number of hydrogen-bond acceptors (Lipinski definition) is 2. The van der Waals surface area contributed by atoms with Gasteiger partial charge in [0.2, 0.25) is 0 Å². The average Bonchev–Trinajstić information content (AvgIpc) is 2.72. The molecule has 0 saturated heterocycles. The van der Waals surface area contributed by atoms with E-state index in [4.69, 9.17) is 0 Å². The first-order valence-electron chi connectivity index (χ1n) is 4.85. The van der Waals surface area contributed by atoms with Gasteiger partial charge in [0.25, 0.3) is 0 Å². The van der Waals surface area contributed by atoms with Crippen molar-refractivity contribution in [2.45, 2.75) is 6.61 Å². The fourth-order valence-electron chi connectivity index (χ4n) is 1.92. The van der Waals surface area contributed by atoms with E-state index in [0.29, 0.717) is 5.82 Å². The molecule has 15 heavy (non-hydrogen) atoms. The van der Waals surface area contributed by atoms with E-state index in [1.54, 1.807) is 6.20 Å². The Morgan fingerprint density at radius 2 is 2.00 bits per heavy atom. The Labute approximate surface area is 86.6 Å². The highest BCUT2D eigenvalue weighted by Gasteiger charge is 2.04. The summed E-state index contributed by atoms with van der Waals surface area (Å²) in [6.07, 6.45) is 1.78. The summed E-state index contributed by atoms with van der Waals surface area (Å²) in [4.78, 5) is 4.18. The summed E-state index contributed by atoms with van der Waals surface area (Å²) in [5.41, 5.74) is 2.09. The first kappa shape index (κ1) is 8.44. The van der Waals surface area contributed by atoms with E-state index in [0.717, 1.165) is 16.4 Å². The third kappa shape index (κ3) is 1.13. The first-order valence-corrected chi connectivity index (χ1v) is 4.85. The fourth-order valence-corrected chi connectivity index (χ4v) is 1.92. The molecule has 3 rings (SSSR count). The highest BCUT2D eigenvalue weighted by atomic mass is 16.3. The summed E-state index contributed by atoms with van der Waals surface area (Å²) in [5.74, 6) is 0.682. The van der Waals surface area contributed by atoms with Crippen LogP contribution in [0.25, 0.3) is 16.4 Å². The average molecular weight is 198 g/mol. The number of nitrogens with zero attached hydrogens (tertiary/aromatic N) is 2. The molecule has 0 atom stereocenters. The van der Waals surface area contributed by atoms with Crippen LogP contribution >= 0.6 is 0 Å². The molecule has 1 aromatic carbocycles. The minimum atomic E-state index is -0.0395. The van der Waals surface area contributed by atoms with Gasteiger partial charge in [-0.25, -0.2) is 4.98 Å². The highest BCUT2D eigenvalue weighted by Crippen LogP contribution is 2.18. The molecular formula is C12H10N2O. The Bertz CT molecular complexity index is 628. The summed E-state index contributed by atoms with van der Waals surface area (Å²) >= 11 is 0. The first-order chi connectivity index (χ1) is 7.40. The van der Waals surface area contributed by atoms with Gasteiger partial charge in [0.1, 0.15) is 12.4 Å². The smallest absolute Gasteiger partial charge is 0.139 e. The maximum atomic E-state index is 9.20. The van der Waals surface area contributed by atoms with Gasteiger partial charge < -0.3 is 5.11 Å². The molecule has 0 aliphatic carbocycles. The van der Waals surface area contributed by atoms with Gasteiger partial charge in [-0.05, 0) is 17.5 Å². The number of benzene rings is 1. The molecule has 0 saturated carbocycles. The number of pyridine rings is 1. The van der Waals surface area contributed by atoms with Crippen molar-refractivity contribution in [3.8, 4) is 0 Å². The lowest BCUT2D eigenvalue weighted by molar-refractivity contribution is 0.271. The largest absolute Gasteiger partial charge is 0.388 e. The van der Waals surface area contributed by atoms with Crippen LogP contribution < -0.4 is 0 Å². The van der Waals surface area contributed by atoms with E-state index in [9.17, 15) is 5.11 Å². The van der Waals surface area contributed by atoms with Gasteiger partial charge in [0.15, 0.2) is 0 Å². The number of imidazole rings is 1.